The van der Waals surface area contributed by atoms with Gasteiger partial charge in [-0.25, -0.2) is 9.59 Å². The molecule has 0 amide bonds. The Bertz CT molecular complexity index is 329. The highest BCUT2D eigenvalue weighted by Crippen LogP contribution is 2.03. The molecular weight excluding hydrogens is 284 g/mol. The van der Waals surface area contributed by atoms with Gasteiger partial charge < -0.3 is 9.47 Å². The van der Waals surface area contributed by atoms with E-state index < -0.39 is 11.9 Å². The van der Waals surface area contributed by atoms with Crippen molar-refractivity contribution in [2.24, 2.45) is 0 Å². The molecule has 2 atom stereocenters. The summed E-state index contributed by atoms with van der Waals surface area (Å²) in [5.41, 5.74) is 0. The molecule has 2 unspecified atom stereocenters. The number of rotatable bonds is 10. The third-order valence-corrected chi connectivity index (χ3v) is 3.58. The number of carbonyl (C=O) groups is 2. The molecular formula is C16H30N2O4. The lowest BCUT2D eigenvalue weighted by Gasteiger charge is -2.25. The predicted molar refractivity (Wildman–Crippen MR) is 86.1 cm³/mol. The molecule has 0 aromatic heterocycles. The van der Waals surface area contributed by atoms with Gasteiger partial charge in [0.15, 0.2) is 12.5 Å². The van der Waals surface area contributed by atoms with Gasteiger partial charge in [-0.2, -0.15) is 0 Å². The van der Waals surface area contributed by atoms with Crippen molar-refractivity contribution in [1.82, 2.24) is 9.80 Å². The first-order chi connectivity index (χ1) is 10.4. The molecule has 0 radical (unpaired) electrons. The maximum absolute atomic E-state index is 11.7. The van der Waals surface area contributed by atoms with Crippen LogP contribution < -0.4 is 0 Å². The van der Waals surface area contributed by atoms with Gasteiger partial charge in [-0.1, -0.05) is 27.7 Å². The lowest BCUT2D eigenvalue weighted by molar-refractivity contribution is -0.154. The fraction of sp³-hybridized carbons (Fsp3) is 0.750. The quantitative estimate of drug-likeness (QED) is 0.349. The Morgan fingerprint density at radius 1 is 0.773 bits per heavy atom. The van der Waals surface area contributed by atoms with Gasteiger partial charge in [-0.05, 0) is 40.0 Å². The van der Waals surface area contributed by atoms with Gasteiger partial charge in [-0.3, -0.25) is 9.80 Å². The number of hydrogen-bond donors (Lipinski definition) is 0. The van der Waals surface area contributed by atoms with Gasteiger partial charge in [-0.15, -0.1) is 0 Å². The minimum Gasteiger partial charge on any atom is -0.443 e. The van der Waals surface area contributed by atoms with Crippen LogP contribution in [0.15, 0.2) is 12.2 Å². The summed E-state index contributed by atoms with van der Waals surface area (Å²) in [4.78, 5) is 27.3. The summed E-state index contributed by atoms with van der Waals surface area (Å²) >= 11 is 0. The molecule has 0 bridgehead atoms. The largest absolute Gasteiger partial charge is 0.443 e. The van der Waals surface area contributed by atoms with E-state index in [1.165, 1.54) is 0 Å². The highest BCUT2D eigenvalue weighted by molar-refractivity contribution is 5.91. The van der Waals surface area contributed by atoms with Gasteiger partial charge in [0, 0.05) is 12.2 Å². The van der Waals surface area contributed by atoms with E-state index in [1.807, 2.05) is 37.5 Å². The van der Waals surface area contributed by atoms with Crippen LogP contribution in [0.1, 0.15) is 41.5 Å². The molecule has 0 rings (SSSR count). The Kier molecular flexibility index (Phi) is 10.5. The van der Waals surface area contributed by atoms with E-state index in [1.54, 1.807) is 13.8 Å². The second-order valence-corrected chi connectivity index (χ2v) is 4.85. The molecule has 0 spiro atoms. The van der Waals surface area contributed by atoms with E-state index in [9.17, 15) is 9.59 Å². The summed E-state index contributed by atoms with van der Waals surface area (Å²) in [6, 6.07) is 0. The van der Waals surface area contributed by atoms with Crippen LogP contribution in [-0.4, -0.2) is 60.4 Å². The van der Waals surface area contributed by atoms with Crippen molar-refractivity contribution in [3.8, 4) is 0 Å². The van der Waals surface area contributed by atoms with E-state index in [4.69, 9.17) is 9.47 Å². The lowest BCUT2D eigenvalue weighted by Crippen LogP contribution is -2.36. The molecule has 0 saturated heterocycles. The summed E-state index contributed by atoms with van der Waals surface area (Å²) in [6.07, 6.45) is 1.57. The highest BCUT2D eigenvalue weighted by Gasteiger charge is 2.15. The lowest BCUT2D eigenvalue weighted by atomic mass is 10.4. The van der Waals surface area contributed by atoms with E-state index >= 15 is 0 Å². The smallest absolute Gasteiger partial charge is 0.332 e. The molecule has 22 heavy (non-hydrogen) atoms. The summed E-state index contributed by atoms with van der Waals surface area (Å²) in [7, 11) is 0. The average molecular weight is 314 g/mol. The van der Waals surface area contributed by atoms with Crippen molar-refractivity contribution in [3.63, 3.8) is 0 Å². The van der Waals surface area contributed by atoms with Gasteiger partial charge in [0.05, 0.1) is 0 Å². The molecule has 0 N–H and O–H groups in total. The standard InChI is InChI=1S/C16H30N2O4/c1-7-17(8-2)13(5)21-15(19)11-12-16(20)22-14(6)18(9-3)10-4/h11-14H,7-10H2,1-6H3/b12-11-. The van der Waals surface area contributed by atoms with Crippen LogP contribution in [0.3, 0.4) is 0 Å². The molecule has 0 heterocycles. The topological polar surface area (TPSA) is 59.1 Å². The van der Waals surface area contributed by atoms with Crippen molar-refractivity contribution in [3.05, 3.63) is 12.2 Å². The zero-order valence-electron chi connectivity index (χ0n) is 14.7. The molecule has 0 saturated carbocycles. The molecule has 0 aromatic rings. The Labute approximate surface area is 134 Å². The van der Waals surface area contributed by atoms with E-state index in [-0.39, 0.29) is 12.5 Å². The van der Waals surface area contributed by atoms with Crippen molar-refractivity contribution in [2.75, 3.05) is 26.2 Å². The van der Waals surface area contributed by atoms with Crippen LogP contribution in [-0.2, 0) is 19.1 Å². The van der Waals surface area contributed by atoms with Gasteiger partial charge in [0.2, 0.25) is 0 Å². The summed E-state index contributed by atoms with van der Waals surface area (Å²) in [5.74, 6) is -1.10. The Balaban J connectivity index is 4.34. The summed E-state index contributed by atoms with van der Waals surface area (Å²) in [6.45, 7) is 14.8. The normalized spacial score (nSPS) is 14.4. The van der Waals surface area contributed by atoms with Crippen LogP contribution >= 0.6 is 0 Å². The molecule has 128 valence electrons. The van der Waals surface area contributed by atoms with Gasteiger partial charge in [0.1, 0.15) is 0 Å². The molecule has 0 aliphatic carbocycles. The second kappa shape index (κ2) is 11.2. The van der Waals surface area contributed by atoms with Gasteiger partial charge in [0.25, 0.3) is 0 Å². The van der Waals surface area contributed by atoms with Crippen molar-refractivity contribution >= 4 is 11.9 Å². The third kappa shape index (κ3) is 7.56. The molecule has 6 heteroatoms. The molecule has 0 fully saturated rings. The van der Waals surface area contributed by atoms with Crippen LogP contribution in [0.2, 0.25) is 0 Å². The molecule has 0 aliphatic heterocycles. The fourth-order valence-electron chi connectivity index (χ4n) is 2.18. The molecule has 0 aliphatic rings. The van der Waals surface area contributed by atoms with Crippen LogP contribution in [0.4, 0.5) is 0 Å². The molecule has 0 aromatic carbocycles. The van der Waals surface area contributed by atoms with Gasteiger partial charge >= 0.3 is 11.9 Å². The number of ether oxygens (including phenoxy) is 2. The Hall–Kier alpha value is -1.40. The number of carbonyl (C=O) groups excluding carboxylic acids is 2. The van der Waals surface area contributed by atoms with E-state index in [0.717, 1.165) is 38.3 Å². The first-order valence-corrected chi connectivity index (χ1v) is 7.96. The number of esters is 2. The monoisotopic (exact) mass is 314 g/mol. The minimum absolute atomic E-state index is 0.322. The maximum atomic E-state index is 11.7. The number of nitrogens with zero attached hydrogens (tertiary/aromatic N) is 2. The zero-order valence-corrected chi connectivity index (χ0v) is 14.7. The van der Waals surface area contributed by atoms with Crippen LogP contribution in [0.5, 0.6) is 0 Å². The number of hydrogen-bond acceptors (Lipinski definition) is 6. The molecule has 6 nitrogen and oxygen atoms in total. The summed E-state index contributed by atoms with van der Waals surface area (Å²) < 4.78 is 10.4. The van der Waals surface area contributed by atoms with Crippen molar-refractivity contribution in [1.29, 1.82) is 0 Å². The van der Waals surface area contributed by atoms with Crippen molar-refractivity contribution < 1.29 is 19.1 Å². The zero-order chi connectivity index (χ0) is 17.1. The predicted octanol–water partition coefficient (Wildman–Crippen LogP) is 2.00. The first-order valence-electron chi connectivity index (χ1n) is 7.96. The van der Waals surface area contributed by atoms with Crippen LogP contribution in [0.25, 0.3) is 0 Å². The van der Waals surface area contributed by atoms with Crippen molar-refractivity contribution in [2.45, 2.75) is 54.0 Å². The minimum atomic E-state index is -0.549. The highest BCUT2D eigenvalue weighted by atomic mass is 16.6. The summed E-state index contributed by atoms with van der Waals surface area (Å²) in [5, 5.41) is 0. The second-order valence-electron chi connectivity index (χ2n) is 4.85. The average Bonchev–Trinajstić information content (AvgIpc) is 2.47. The van der Waals surface area contributed by atoms with E-state index in [2.05, 4.69) is 0 Å². The SMILES string of the molecule is CCN(CC)C(C)OC(=O)/C=C\C(=O)OC(C)N(CC)CC. The fourth-order valence-corrected chi connectivity index (χ4v) is 2.18. The first kappa shape index (κ1) is 20.6. The third-order valence-electron chi connectivity index (χ3n) is 3.58. The van der Waals surface area contributed by atoms with Crippen LogP contribution in [0, 0.1) is 0 Å². The van der Waals surface area contributed by atoms with E-state index in [0.29, 0.717) is 0 Å². The Morgan fingerprint density at radius 2 is 1.05 bits per heavy atom. The Morgan fingerprint density at radius 3 is 1.27 bits per heavy atom. The maximum Gasteiger partial charge on any atom is 0.332 e.